The van der Waals surface area contributed by atoms with Crippen molar-refractivity contribution in [2.75, 3.05) is 13.2 Å². The molecule has 0 aliphatic carbocycles. The highest BCUT2D eigenvalue weighted by atomic mass is 35.5. The Hall–Kier alpha value is -4.48. The summed E-state index contributed by atoms with van der Waals surface area (Å²) in [6, 6.07) is 13.3. The largest absolute Gasteiger partial charge is 0.478 e. The van der Waals surface area contributed by atoms with Gasteiger partial charge in [0, 0.05) is 39.6 Å². The first-order valence-electron chi connectivity index (χ1n) is 14.0. The van der Waals surface area contributed by atoms with Crippen molar-refractivity contribution in [3.05, 3.63) is 111 Å². The second kappa shape index (κ2) is 11.8. The number of hydrogen-bond donors (Lipinski definition) is 1. The normalized spacial score (nSPS) is 15.9. The van der Waals surface area contributed by atoms with Crippen LogP contribution in [0.15, 0.2) is 60.7 Å². The van der Waals surface area contributed by atoms with E-state index in [1.54, 1.807) is 4.57 Å². The molecule has 1 N–H and O–H groups in total. The van der Waals surface area contributed by atoms with E-state index in [-0.39, 0.29) is 52.8 Å². The van der Waals surface area contributed by atoms with Gasteiger partial charge < -0.3 is 19.1 Å². The topological polar surface area (TPSA) is 86.5 Å². The number of ether oxygens (including phenoxy) is 2. The molecule has 0 saturated carbocycles. The zero-order chi connectivity index (χ0) is 32.0. The summed E-state index contributed by atoms with van der Waals surface area (Å²) in [4.78, 5) is 20.4. The predicted octanol–water partition coefficient (Wildman–Crippen LogP) is 7.77. The van der Waals surface area contributed by atoms with Gasteiger partial charge in [0.25, 0.3) is 0 Å². The van der Waals surface area contributed by atoms with E-state index in [1.165, 1.54) is 48.5 Å². The molecule has 0 spiro atoms. The van der Waals surface area contributed by atoms with Crippen LogP contribution in [0, 0.1) is 28.7 Å². The molecule has 7 nitrogen and oxygen atoms in total. The minimum atomic E-state index is -1.41. The third kappa shape index (κ3) is 5.85. The molecule has 45 heavy (non-hydrogen) atoms. The number of hydrogen-bond acceptors (Lipinski definition) is 5. The van der Waals surface area contributed by atoms with Gasteiger partial charge in [0.1, 0.15) is 24.1 Å². The molecule has 2 aromatic heterocycles. The van der Waals surface area contributed by atoms with E-state index in [0.717, 1.165) is 12.1 Å². The quantitative estimate of drug-likeness (QED) is 0.138. The van der Waals surface area contributed by atoms with Gasteiger partial charge in [-0.1, -0.05) is 37.6 Å². The maximum absolute atomic E-state index is 15.7. The number of fused-ring (bicyclic) bond motifs is 1. The van der Waals surface area contributed by atoms with Crippen molar-refractivity contribution >= 4 is 28.6 Å². The summed E-state index contributed by atoms with van der Waals surface area (Å²) in [5.74, 6) is -5.25. The van der Waals surface area contributed by atoms with Crippen LogP contribution in [0.1, 0.15) is 47.2 Å². The molecule has 0 radical (unpaired) electrons. The molecule has 5 aromatic rings. The summed E-state index contributed by atoms with van der Waals surface area (Å²) in [6.45, 7) is 4.41. The van der Waals surface area contributed by atoms with E-state index in [2.05, 4.69) is 9.97 Å². The second-order valence-electron chi connectivity index (χ2n) is 11.5. The van der Waals surface area contributed by atoms with Crippen molar-refractivity contribution in [2.45, 2.75) is 32.9 Å². The van der Waals surface area contributed by atoms with E-state index in [9.17, 15) is 14.3 Å². The van der Waals surface area contributed by atoms with E-state index in [4.69, 9.17) is 21.1 Å². The van der Waals surface area contributed by atoms with Crippen LogP contribution < -0.4 is 4.74 Å². The third-order valence-corrected chi connectivity index (χ3v) is 8.19. The smallest absolute Gasteiger partial charge is 0.335 e. The summed E-state index contributed by atoms with van der Waals surface area (Å²) in [5, 5.41) is 9.78. The minimum absolute atomic E-state index is 0.0120. The fraction of sp³-hybridized carbons (Fsp3) is 0.242. The summed E-state index contributed by atoms with van der Waals surface area (Å²) in [7, 11) is 0. The molecule has 0 amide bonds. The van der Waals surface area contributed by atoms with Gasteiger partial charge in [-0.25, -0.2) is 32.3 Å². The molecule has 1 atom stereocenters. The number of pyridine rings is 1. The van der Waals surface area contributed by atoms with Crippen LogP contribution in [0.2, 0.25) is 5.02 Å². The molecule has 1 unspecified atom stereocenters. The van der Waals surface area contributed by atoms with E-state index < -0.39 is 52.2 Å². The fourth-order valence-corrected chi connectivity index (χ4v) is 5.66. The lowest BCUT2D eigenvalue weighted by atomic mass is 9.87. The van der Waals surface area contributed by atoms with Gasteiger partial charge in [-0.15, -0.1) is 0 Å². The Bertz CT molecular complexity index is 1960. The van der Waals surface area contributed by atoms with Gasteiger partial charge in [-0.3, -0.25) is 0 Å². The highest BCUT2D eigenvalue weighted by Gasteiger charge is 2.39. The molecular weight excluding hydrogens is 614 g/mol. The van der Waals surface area contributed by atoms with Gasteiger partial charge >= 0.3 is 5.97 Å². The molecule has 1 aliphatic rings. The molecule has 0 bridgehead atoms. The number of aromatic carboxylic acids is 1. The average Bonchev–Trinajstić information content (AvgIpc) is 3.53. The Morgan fingerprint density at radius 3 is 2.56 bits per heavy atom. The molecule has 3 heterocycles. The lowest BCUT2D eigenvalue weighted by Crippen LogP contribution is -2.27. The van der Waals surface area contributed by atoms with E-state index in [1.807, 2.05) is 13.8 Å². The Labute approximate surface area is 260 Å². The summed E-state index contributed by atoms with van der Waals surface area (Å²) < 4.78 is 74.0. The maximum atomic E-state index is 15.7. The summed E-state index contributed by atoms with van der Waals surface area (Å²) in [5.41, 5.74) is -0.361. The van der Waals surface area contributed by atoms with Crippen LogP contribution in [0.4, 0.5) is 17.6 Å². The standard InChI is InChI=1S/C33H26ClF4N3O4/c1-33(2)16-44-15-27(33)41-26-10-17(32(42)43)7-9-25(26)39-28(41)13-20-23(36)12-21(31(38)30(20)37)24-4-3-5-29(40-24)45-14-18-6-8-19(34)11-22(18)35/h3-12,27H,13-16H2,1-2H3,(H,42,43). The van der Waals surface area contributed by atoms with Crippen LogP contribution >= 0.6 is 11.6 Å². The zero-order valence-electron chi connectivity index (χ0n) is 24.1. The third-order valence-electron chi connectivity index (χ3n) is 7.95. The zero-order valence-corrected chi connectivity index (χ0v) is 24.8. The van der Waals surface area contributed by atoms with Crippen molar-refractivity contribution in [3.63, 3.8) is 0 Å². The number of carboxylic acid groups (broad SMARTS) is 1. The van der Waals surface area contributed by atoms with Gasteiger partial charge in [0.05, 0.1) is 41.5 Å². The molecule has 3 aromatic carbocycles. The number of imidazole rings is 1. The fourth-order valence-electron chi connectivity index (χ4n) is 5.50. The number of aromatic nitrogens is 3. The molecular formula is C33H26ClF4N3O4. The van der Waals surface area contributed by atoms with Crippen molar-refractivity contribution in [3.8, 4) is 17.1 Å². The molecule has 1 aliphatic heterocycles. The molecule has 1 fully saturated rings. The molecule has 1 saturated heterocycles. The van der Waals surface area contributed by atoms with Crippen LogP contribution in [-0.2, 0) is 17.8 Å². The summed E-state index contributed by atoms with van der Waals surface area (Å²) >= 11 is 5.78. The number of carbonyl (C=O) groups is 1. The first-order valence-corrected chi connectivity index (χ1v) is 14.3. The average molecular weight is 640 g/mol. The Morgan fingerprint density at radius 2 is 1.84 bits per heavy atom. The van der Waals surface area contributed by atoms with Crippen molar-refractivity contribution in [1.29, 1.82) is 0 Å². The number of benzene rings is 3. The second-order valence-corrected chi connectivity index (χ2v) is 11.9. The Balaban J connectivity index is 1.35. The van der Waals surface area contributed by atoms with E-state index in [0.29, 0.717) is 17.6 Å². The van der Waals surface area contributed by atoms with Crippen LogP contribution in [0.25, 0.3) is 22.3 Å². The van der Waals surface area contributed by atoms with Gasteiger partial charge in [0.2, 0.25) is 5.88 Å². The monoisotopic (exact) mass is 639 g/mol. The van der Waals surface area contributed by atoms with Crippen molar-refractivity contribution < 1.29 is 36.9 Å². The predicted molar refractivity (Wildman–Crippen MR) is 158 cm³/mol. The highest BCUT2D eigenvalue weighted by Crippen LogP contribution is 2.41. The number of nitrogens with zero attached hydrogens (tertiary/aromatic N) is 3. The first kappa shape index (κ1) is 30.5. The minimum Gasteiger partial charge on any atom is -0.478 e. The van der Waals surface area contributed by atoms with Crippen molar-refractivity contribution in [2.24, 2.45) is 5.41 Å². The lowest BCUT2D eigenvalue weighted by Gasteiger charge is -2.28. The van der Waals surface area contributed by atoms with Crippen molar-refractivity contribution in [1.82, 2.24) is 14.5 Å². The molecule has 232 valence electrons. The van der Waals surface area contributed by atoms with Gasteiger partial charge in [0.15, 0.2) is 11.6 Å². The summed E-state index contributed by atoms with van der Waals surface area (Å²) in [6.07, 6.45) is -0.415. The highest BCUT2D eigenvalue weighted by molar-refractivity contribution is 6.30. The van der Waals surface area contributed by atoms with Crippen LogP contribution in [0.5, 0.6) is 5.88 Å². The van der Waals surface area contributed by atoms with Crippen LogP contribution in [-0.4, -0.2) is 38.8 Å². The maximum Gasteiger partial charge on any atom is 0.335 e. The number of halogens is 5. The molecule has 12 heteroatoms. The number of rotatable bonds is 8. The SMILES string of the molecule is CC1(C)COCC1n1c(Cc2c(F)cc(-c3cccc(OCc4ccc(Cl)cc4F)n3)c(F)c2F)nc2ccc(C(=O)O)cc21. The first-order chi connectivity index (χ1) is 21.4. The molecule has 6 rings (SSSR count). The Kier molecular flexibility index (Phi) is 8.00. The lowest BCUT2D eigenvalue weighted by molar-refractivity contribution is 0.0697. The van der Waals surface area contributed by atoms with Gasteiger partial charge in [-0.05, 0) is 42.5 Å². The van der Waals surface area contributed by atoms with E-state index >= 15 is 13.2 Å². The van der Waals surface area contributed by atoms with Crippen LogP contribution in [0.3, 0.4) is 0 Å². The number of carboxylic acids is 1. The van der Waals surface area contributed by atoms with Gasteiger partial charge in [-0.2, -0.15) is 0 Å². The Morgan fingerprint density at radius 1 is 1.04 bits per heavy atom.